The van der Waals surface area contributed by atoms with Crippen LogP contribution in [0.3, 0.4) is 0 Å². The molecule has 5 rings (SSSR count). The molecule has 9 nitrogen and oxygen atoms in total. The number of aryl methyl sites for hydroxylation is 1. The number of benzene rings is 1. The number of imide groups is 1. The first-order chi connectivity index (χ1) is 16.0. The quantitative estimate of drug-likeness (QED) is 0.682. The Kier molecular flexibility index (Phi) is 5.33. The number of hydrogen-bond acceptors (Lipinski definition) is 6. The second-order valence-corrected chi connectivity index (χ2v) is 11.1. The molecule has 3 amide bonds. The first-order valence-corrected chi connectivity index (χ1v) is 12.1. The van der Waals surface area contributed by atoms with Gasteiger partial charge in [-0.3, -0.25) is 19.6 Å². The number of hydrogen-bond donors (Lipinski definition) is 1. The fraction of sp³-hybridized carbons (Fsp3) is 0.600. The molecule has 3 saturated heterocycles. The molecule has 0 aliphatic carbocycles. The lowest BCUT2D eigenvalue weighted by molar-refractivity contribution is -0.134. The molecule has 1 spiro atoms. The van der Waals surface area contributed by atoms with Gasteiger partial charge in [0.15, 0.2) is 0 Å². The van der Waals surface area contributed by atoms with E-state index in [1.807, 2.05) is 43.5 Å². The van der Waals surface area contributed by atoms with Gasteiger partial charge in [0.05, 0.1) is 17.1 Å². The van der Waals surface area contributed by atoms with E-state index < -0.39 is 11.5 Å². The smallest absolute Gasteiger partial charge is 0.410 e. The minimum absolute atomic E-state index is 0.106. The molecule has 182 valence electrons. The van der Waals surface area contributed by atoms with Gasteiger partial charge in [0, 0.05) is 56.1 Å². The van der Waals surface area contributed by atoms with Crippen LogP contribution in [0.25, 0.3) is 10.9 Å². The number of fused-ring (bicyclic) bond motifs is 1. The van der Waals surface area contributed by atoms with Gasteiger partial charge in [-0.2, -0.15) is 5.10 Å². The van der Waals surface area contributed by atoms with Gasteiger partial charge in [-0.15, -0.1) is 0 Å². The van der Waals surface area contributed by atoms with E-state index in [4.69, 9.17) is 4.74 Å². The first-order valence-electron chi connectivity index (χ1n) is 12.1. The summed E-state index contributed by atoms with van der Waals surface area (Å²) in [5.41, 5.74) is 2.43. The lowest BCUT2D eigenvalue weighted by atomic mass is 9.73. The zero-order chi connectivity index (χ0) is 24.3. The SMILES string of the molecule is Cn1nc(C2CCC(=O)NC2=O)c2ccc(N3CC4(CCCN(C(=O)OC(C)(C)C)C4)C3)cc21. The van der Waals surface area contributed by atoms with Gasteiger partial charge in [-0.1, -0.05) is 0 Å². The Bertz CT molecular complexity index is 1160. The van der Waals surface area contributed by atoms with Gasteiger partial charge in [0.1, 0.15) is 5.60 Å². The summed E-state index contributed by atoms with van der Waals surface area (Å²) in [5, 5.41) is 8.03. The zero-order valence-corrected chi connectivity index (χ0v) is 20.4. The number of anilines is 1. The van der Waals surface area contributed by atoms with Gasteiger partial charge in [-0.05, 0) is 58.2 Å². The van der Waals surface area contributed by atoms with Crippen LogP contribution >= 0.6 is 0 Å². The van der Waals surface area contributed by atoms with Crippen molar-refractivity contribution in [2.24, 2.45) is 12.5 Å². The zero-order valence-electron chi connectivity index (χ0n) is 20.4. The Morgan fingerprint density at radius 2 is 1.97 bits per heavy atom. The normalized spacial score (nSPS) is 22.6. The maximum Gasteiger partial charge on any atom is 0.410 e. The van der Waals surface area contributed by atoms with Crippen LogP contribution in [0.2, 0.25) is 0 Å². The number of rotatable bonds is 2. The minimum atomic E-state index is -0.488. The molecule has 3 aliphatic rings. The number of likely N-dealkylation sites (tertiary alicyclic amines) is 1. The van der Waals surface area contributed by atoms with Crippen molar-refractivity contribution in [3.8, 4) is 0 Å². The highest BCUT2D eigenvalue weighted by molar-refractivity contribution is 6.02. The van der Waals surface area contributed by atoms with E-state index in [9.17, 15) is 14.4 Å². The molecule has 34 heavy (non-hydrogen) atoms. The van der Waals surface area contributed by atoms with Gasteiger partial charge >= 0.3 is 6.09 Å². The van der Waals surface area contributed by atoms with E-state index in [1.54, 1.807) is 0 Å². The Labute approximate surface area is 199 Å². The first kappa shape index (κ1) is 22.7. The summed E-state index contributed by atoms with van der Waals surface area (Å²) in [7, 11) is 1.89. The molecule has 0 bridgehead atoms. The molecule has 1 unspecified atom stereocenters. The number of aromatic nitrogens is 2. The number of amides is 3. The molecule has 1 atom stereocenters. The number of nitrogens with one attached hydrogen (secondary N) is 1. The summed E-state index contributed by atoms with van der Waals surface area (Å²) in [6.45, 7) is 8.97. The molecule has 4 heterocycles. The van der Waals surface area contributed by atoms with Gasteiger partial charge in [0.25, 0.3) is 0 Å². The highest BCUT2D eigenvalue weighted by Crippen LogP contribution is 2.42. The van der Waals surface area contributed by atoms with E-state index >= 15 is 0 Å². The molecule has 9 heteroatoms. The summed E-state index contributed by atoms with van der Waals surface area (Å²) in [4.78, 5) is 40.7. The Morgan fingerprint density at radius 1 is 1.21 bits per heavy atom. The average molecular weight is 468 g/mol. The number of nitrogens with zero attached hydrogens (tertiary/aromatic N) is 4. The lowest BCUT2D eigenvalue weighted by Gasteiger charge is -2.55. The van der Waals surface area contributed by atoms with Crippen molar-refractivity contribution >= 4 is 34.5 Å². The molecule has 3 aliphatic heterocycles. The van der Waals surface area contributed by atoms with Gasteiger partial charge in [0.2, 0.25) is 11.8 Å². The van der Waals surface area contributed by atoms with E-state index in [1.165, 1.54) is 0 Å². The third-order valence-corrected chi connectivity index (χ3v) is 7.16. The molecular weight excluding hydrogens is 434 g/mol. The topological polar surface area (TPSA) is 96.8 Å². The number of ether oxygens (including phenoxy) is 1. The largest absolute Gasteiger partial charge is 0.444 e. The van der Waals surface area contributed by atoms with E-state index in [0.29, 0.717) is 12.8 Å². The van der Waals surface area contributed by atoms with Crippen LogP contribution in [0.5, 0.6) is 0 Å². The lowest BCUT2D eigenvalue weighted by Crippen LogP contribution is -2.64. The summed E-state index contributed by atoms with van der Waals surface area (Å²) < 4.78 is 7.41. The van der Waals surface area contributed by atoms with Crippen molar-refractivity contribution in [1.29, 1.82) is 0 Å². The van der Waals surface area contributed by atoms with Crippen molar-refractivity contribution in [2.45, 2.75) is 58.0 Å². The van der Waals surface area contributed by atoms with Crippen LogP contribution < -0.4 is 10.2 Å². The molecule has 3 fully saturated rings. The minimum Gasteiger partial charge on any atom is -0.444 e. The average Bonchev–Trinajstić information content (AvgIpc) is 3.06. The predicted molar refractivity (Wildman–Crippen MR) is 128 cm³/mol. The highest BCUT2D eigenvalue weighted by Gasteiger charge is 2.47. The summed E-state index contributed by atoms with van der Waals surface area (Å²) in [6.07, 6.45) is 2.70. The summed E-state index contributed by atoms with van der Waals surface area (Å²) in [6, 6.07) is 6.25. The maximum atomic E-state index is 12.6. The maximum absolute atomic E-state index is 12.6. The summed E-state index contributed by atoms with van der Waals surface area (Å²) >= 11 is 0. The van der Waals surface area contributed by atoms with Crippen LogP contribution in [0.1, 0.15) is 58.1 Å². The highest BCUT2D eigenvalue weighted by atomic mass is 16.6. The Balaban J connectivity index is 1.30. The second-order valence-electron chi connectivity index (χ2n) is 11.1. The number of piperidine rings is 2. The van der Waals surface area contributed by atoms with Crippen molar-refractivity contribution in [3.63, 3.8) is 0 Å². The van der Waals surface area contributed by atoms with Crippen LogP contribution in [-0.4, -0.2) is 64.4 Å². The van der Waals surface area contributed by atoms with Crippen LogP contribution in [0, 0.1) is 5.41 Å². The fourth-order valence-electron chi connectivity index (χ4n) is 5.58. The van der Waals surface area contributed by atoms with Crippen molar-refractivity contribution in [1.82, 2.24) is 20.0 Å². The van der Waals surface area contributed by atoms with Gasteiger partial charge < -0.3 is 14.5 Å². The standard InChI is InChI=1S/C25H33N5O4/c1-24(2,3)34-23(33)29-11-5-10-25(13-29)14-30(15-25)16-6-7-17-19(12-16)28(4)27-21(17)18-8-9-20(31)26-22(18)32/h6-7,12,18H,5,8-11,13-15H2,1-4H3,(H,26,31,32). The van der Waals surface area contributed by atoms with Crippen molar-refractivity contribution in [2.75, 3.05) is 31.1 Å². The molecule has 1 aromatic heterocycles. The molecule has 1 aromatic carbocycles. The van der Waals surface area contributed by atoms with Crippen molar-refractivity contribution < 1.29 is 19.1 Å². The van der Waals surface area contributed by atoms with E-state index in [0.717, 1.165) is 61.3 Å². The molecule has 2 aromatic rings. The predicted octanol–water partition coefficient (Wildman–Crippen LogP) is 2.93. The number of carbonyl (C=O) groups is 3. The van der Waals surface area contributed by atoms with E-state index in [2.05, 4.69) is 27.4 Å². The van der Waals surface area contributed by atoms with Crippen LogP contribution in [0.15, 0.2) is 18.2 Å². The number of carbonyl (C=O) groups excluding carboxylic acids is 3. The molecule has 1 N–H and O–H groups in total. The summed E-state index contributed by atoms with van der Waals surface area (Å²) in [5.74, 6) is -0.888. The van der Waals surface area contributed by atoms with Gasteiger partial charge in [-0.25, -0.2) is 4.79 Å². The second kappa shape index (κ2) is 7.99. The van der Waals surface area contributed by atoms with Crippen LogP contribution in [-0.2, 0) is 21.4 Å². The molecular formula is C25H33N5O4. The van der Waals surface area contributed by atoms with Crippen molar-refractivity contribution in [3.05, 3.63) is 23.9 Å². The van der Waals surface area contributed by atoms with E-state index in [-0.39, 0.29) is 23.3 Å². The third-order valence-electron chi connectivity index (χ3n) is 7.16. The fourth-order valence-corrected chi connectivity index (χ4v) is 5.58. The van der Waals surface area contributed by atoms with Crippen LogP contribution in [0.4, 0.5) is 10.5 Å². The monoisotopic (exact) mass is 467 g/mol. The Hall–Kier alpha value is -3.10. The Morgan fingerprint density at radius 3 is 2.68 bits per heavy atom. The molecule has 0 saturated carbocycles. The third kappa shape index (κ3) is 4.12. The molecule has 0 radical (unpaired) electrons.